The van der Waals surface area contributed by atoms with Crippen molar-refractivity contribution in [2.75, 3.05) is 26.4 Å². The Labute approximate surface area is 429 Å². The van der Waals surface area contributed by atoms with Gasteiger partial charge in [-0.2, -0.15) is 0 Å². The van der Waals surface area contributed by atoms with Gasteiger partial charge in [-0.05, 0) is 116 Å². The van der Waals surface area contributed by atoms with Crippen LogP contribution in [-0.4, -0.2) is 68.8 Å². The van der Waals surface area contributed by atoms with Crippen molar-refractivity contribution in [2.24, 2.45) is 0 Å². The van der Waals surface area contributed by atoms with Crippen LogP contribution in [-0.2, 0) is 10.4 Å². The minimum absolute atomic E-state index is 0.486. The largest absolute Gasteiger partial charge is 0.783 e. The first-order valence-electron chi connectivity index (χ1n) is 25.7. The van der Waals surface area contributed by atoms with Crippen molar-refractivity contribution in [1.82, 2.24) is 20.3 Å². The molecule has 72 heavy (non-hydrogen) atoms. The van der Waals surface area contributed by atoms with E-state index in [2.05, 4.69) is 63.2 Å². The molecule has 384 valence electrons. The molecule has 0 atom stereocenters. The number of hydroxylamine groups is 8. The van der Waals surface area contributed by atoms with Crippen LogP contribution in [0.5, 0.6) is 23.0 Å². The Morgan fingerprint density at radius 2 is 0.667 bits per heavy atom. The summed E-state index contributed by atoms with van der Waals surface area (Å²) in [5.74, 6) is 22.3. The first-order chi connectivity index (χ1) is 34.2. The second-order valence-corrected chi connectivity index (χ2v) is 20.8. The first-order valence-corrected chi connectivity index (χ1v) is 25.7. The Hall–Kier alpha value is -5.56. The van der Waals surface area contributed by atoms with Crippen LogP contribution in [0.2, 0.25) is 0 Å². The lowest BCUT2D eigenvalue weighted by Gasteiger charge is -2.44. The van der Waals surface area contributed by atoms with Crippen molar-refractivity contribution in [3.05, 3.63) is 128 Å². The van der Waals surface area contributed by atoms with Gasteiger partial charge in [0.2, 0.25) is 0 Å². The van der Waals surface area contributed by atoms with Gasteiger partial charge in [-0.3, -0.25) is 0 Å². The molecule has 6 rings (SSSR count). The summed E-state index contributed by atoms with van der Waals surface area (Å²) in [5.41, 5.74) is 1.65. The summed E-state index contributed by atoms with van der Waals surface area (Å²) in [6, 6.07) is 22.1. The van der Waals surface area contributed by atoms with E-state index >= 15 is 0 Å². The number of hydrogen-bond acceptors (Lipinski definition) is 10. The van der Waals surface area contributed by atoms with Crippen molar-refractivity contribution >= 4 is 0 Å². The Morgan fingerprint density at radius 3 is 0.889 bits per heavy atom. The lowest BCUT2D eigenvalue weighted by Crippen LogP contribution is -2.51. The van der Waals surface area contributed by atoms with E-state index in [1.165, 1.54) is 0 Å². The Kier molecular flexibility index (Phi) is 18.6. The second kappa shape index (κ2) is 24.0. The van der Waals surface area contributed by atoms with Gasteiger partial charge < -0.3 is 39.5 Å². The highest BCUT2D eigenvalue weighted by molar-refractivity contribution is 5.64. The number of nitrogens with zero attached hydrogens (tertiary/aromatic N) is 4. The maximum Gasteiger partial charge on any atom is 0.136 e. The molecule has 0 saturated carbocycles. The molecule has 4 aromatic carbocycles. The monoisotopic (exact) mass is 979 g/mol. The molecule has 0 bridgehead atoms. The fourth-order valence-electron chi connectivity index (χ4n) is 8.22. The van der Waals surface area contributed by atoms with E-state index in [1.807, 2.05) is 48.5 Å². The molecule has 2 aliphatic rings. The van der Waals surface area contributed by atoms with E-state index < -0.39 is 34.5 Å². The summed E-state index contributed by atoms with van der Waals surface area (Å²) in [7, 11) is 0. The smallest absolute Gasteiger partial charge is 0.136 e. The Bertz CT molecular complexity index is 2440. The van der Waals surface area contributed by atoms with Crippen LogP contribution in [0.25, 0.3) is 0 Å². The van der Waals surface area contributed by atoms with Crippen LogP contribution < -0.4 is 18.9 Å². The van der Waals surface area contributed by atoms with Crippen molar-refractivity contribution in [1.29, 1.82) is 0 Å². The van der Waals surface area contributed by atoms with Crippen LogP contribution in [0.4, 0.5) is 0 Å². The minimum Gasteiger partial charge on any atom is -0.783 e. The maximum atomic E-state index is 13.3. The highest BCUT2D eigenvalue weighted by Gasteiger charge is 2.56. The average molecular weight is 979 g/mol. The standard InChI is InChI=1S/C60H74N4O8/c1-13-17-35-69-51-41-49(53(71-37-19-15-3)39-47(51)31-25-43-21-27-45(28-22-43)55-61(65)57(5,6)58(7,8)62(55)66)33-34-50-42-52(70-36-18-14-2)48(40-54(50)72-38-20-16-4)32-26-44-23-29-46(30-24-44)56-63(67)59(9,10)60(11,12)64(56)68/h21-24,27-30,39-42,55-56H,13-20,35-38H2,1-12H3/q-2. The molecule has 12 heteroatoms. The summed E-state index contributed by atoms with van der Waals surface area (Å²) in [6.45, 7) is 24.8. The lowest BCUT2D eigenvalue weighted by molar-refractivity contribution is -0.232. The zero-order valence-corrected chi connectivity index (χ0v) is 44.6. The summed E-state index contributed by atoms with van der Waals surface area (Å²) in [5, 5.41) is 57.0. The van der Waals surface area contributed by atoms with Gasteiger partial charge in [0.15, 0.2) is 0 Å². The lowest BCUT2D eigenvalue weighted by atomic mass is 9.84. The molecule has 0 amide bonds. The summed E-state index contributed by atoms with van der Waals surface area (Å²) in [6.07, 6.45) is 5.28. The van der Waals surface area contributed by atoms with Crippen LogP contribution in [0.1, 0.15) is 191 Å². The maximum absolute atomic E-state index is 13.3. The topological polar surface area (TPSA) is 136 Å². The predicted octanol–water partition coefficient (Wildman–Crippen LogP) is 12.6. The molecule has 12 nitrogen and oxygen atoms in total. The van der Waals surface area contributed by atoms with Crippen LogP contribution in [0.15, 0.2) is 72.8 Å². The van der Waals surface area contributed by atoms with Crippen molar-refractivity contribution in [2.45, 2.75) is 169 Å². The van der Waals surface area contributed by atoms with Gasteiger partial charge in [-0.1, -0.05) is 113 Å². The number of hydrogen-bond donors (Lipinski definition) is 0. The molecule has 2 heterocycles. The third kappa shape index (κ3) is 11.9. The molecule has 2 fully saturated rings. The minimum atomic E-state index is -0.959. The highest BCUT2D eigenvalue weighted by Crippen LogP contribution is 2.49. The van der Waals surface area contributed by atoms with Gasteiger partial charge in [0.25, 0.3) is 0 Å². The van der Waals surface area contributed by atoms with Gasteiger partial charge in [-0.15, -0.1) is 20.5 Å². The molecule has 0 N–H and O–H groups in total. The van der Waals surface area contributed by atoms with Gasteiger partial charge in [0, 0.05) is 46.5 Å². The van der Waals surface area contributed by atoms with Crippen LogP contribution in [0, 0.1) is 45.9 Å². The molecular weight excluding hydrogens is 905 g/mol. The third-order valence-electron chi connectivity index (χ3n) is 14.7. The number of ether oxygens (including phenoxy) is 4. The van der Waals surface area contributed by atoms with Gasteiger partial charge >= 0.3 is 0 Å². The normalized spacial score (nSPS) is 19.1. The fraction of sp³-hybridized carbons (Fsp3) is 0.500. The molecular formula is C60H74N4O8-2. The Balaban J connectivity index is 1.37. The van der Waals surface area contributed by atoms with E-state index in [-0.39, 0.29) is 0 Å². The quantitative estimate of drug-likeness (QED) is 0.0700. The predicted molar refractivity (Wildman–Crippen MR) is 283 cm³/mol. The summed E-state index contributed by atoms with van der Waals surface area (Å²) >= 11 is 0. The third-order valence-corrected chi connectivity index (χ3v) is 14.7. The van der Waals surface area contributed by atoms with Crippen LogP contribution >= 0.6 is 0 Å². The molecule has 0 aromatic heterocycles. The average Bonchev–Trinajstić information content (AvgIpc) is 3.55. The van der Waals surface area contributed by atoms with E-state index in [4.69, 9.17) is 18.9 Å². The van der Waals surface area contributed by atoms with Crippen molar-refractivity contribution < 1.29 is 29.4 Å². The summed E-state index contributed by atoms with van der Waals surface area (Å²) in [4.78, 5) is 0. The molecule has 0 spiro atoms. The second-order valence-electron chi connectivity index (χ2n) is 20.8. The Morgan fingerprint density at radius 1 is 0.417 bits per heavy atom. The van der Waals surface area contributed by atoms with Crippen molar-refractivity contribution in [3.63, 3.8) is 0 Å². The molecule has 2 radical (unpaired) electrons. The van der Waals surface area contributed by atoms with Gasteiger partial charge in [-0.25, -0.2) is 0 Å². The molecule has 2 aliphatic heterocycles. The number of benzene rings is 4. The van der Waals surface area contributed by atoms with Crippen molar-refractivity contribution in [3.8, 4) is 58.5 Å². The number of unbranched alkanes of at least 4 members (excludes halogenated alkanes) is 4. The number of rotatable bonds is 18. The van der Waals surface area contributed by atoms with Crippen LogP contribution in [0.3, 0.4) is 0 Å². The molecule has 0 aliphatic carbocycles. The molecule has 0 unspecified atom stereocenters. The van der Waals surface area contributed by atoms with E-state index in [0.29, 0.717) is 93.9 Å². The van der Waals surface area contributed by atoms with E-state index in [0.717, 1.165) is 71.6 Å². The highest BCUT2D eigenvalue weighted by atomic mass is 16.6. The zero-order valence-electron chi connectivity index (χ0n) is 44.6. The first kappa shape index (κ1) is 55.7. The zero-order chi connectivity index (χ0) is 52.4. The molecule has 2 saturated heterocycles. The fourth-order valence-corrected chi connectivity index (χ4v) is 8.22. The van der Waals surface area contributed by atoms with Gasteiger partial charge in [0.05, 0.1) is 59.8 Å². The van der Waals surface area contributed by atoms with Gasteiger partial charge in [0.1, 0.15) is 35.3 Å². The summed E-state index contributed by atoms with van der Waals surface area (Å²) < 4.78 is 25.6. The van der Waals surface area contributed by atoms with E-state index in [1.54, 1.807) is 79.7 Å². The van der Waals surface area contributed by atoms with E-state index in [9.17, 15) is 20.8 Å². The SMILES string of the molecule is CCCCOc1cc(C#Cc2cc(OCCCC)c(C#Cc3ccc(C4N([O])C(C)(C)C(C)(C)N4[O-])cc3)cc2OCCCC)c(OCCCC)cc1C#Cc1ccc(C2N([O])C(C)(C)C(C)(C)N2[O-])cc1. The molecule has 4 aromatic rings.